The molecule has 0 amide bonds. The lowest BCUT2D eigenvalue weighted by Gasteiger charge is -2.39. The summed E-state index contributed by atoms with van der Waals surface area (Å²) in [6.07, 6.45) is 13.3. The van der Waals surface area contributed by atoms with Crippen LogP contribution in [0.15, 0.2) is 0 Å². The fourth-order valence-electron chi connectivity index (χ4n) is 3.09. The van der Waals surface area contributed by atoms with Crippen LogP contribution in [-0.2, 0) is 12.5 Å². The Morgan fingerprint density at radius 2 is 1.04 bits per heavy atom. The highest BCUT2D eigenvalue weighted by molar-refractivity contribution is 8.21. The molecule has 0 rings (SSSR count). The van der Waals surface area contributed by atoms with Gasteiger partial charge in [-0.1, -0.05) is 65.2 Å². The first-order valence-corrected chi connectivity index (χ1v) is 12.0. The van der Waals surface area contributed by atoms with E-state index in [1.807, 2.05) is 20.8 Å². The molecule has 4 heteroatoms. The van der Waals surface area contributed by atoms with Crippen molar-refractivity contribution < 1.29 is 12.5 Å². The molecular formula is C20H44O3S. The van der Waals surface area contributed by atoms with Crippen molar-refractivity contribution >= 4 is 10.9 Å². The molecule has 3 nitrogen and oxygen atoms in total. The maximum atomic E-state index is 6.02. The quantitative estimate of drug-likeness (QED) is 0.241. The molecule has 0 aliphatic heterocycles. The van der Waals surface area contributed by atoms with E-state index in [2.05, 4.69) is 13.8 Å². The van der Waals surface area contributed by atoms with Gasteiger partial charge < -0.3 is 0 Å². The summed E-state index contributed by atoms with van der Waals surface area (Å²) in [6.45, 7) is 12.6. The second-order valence-electron chi connectivity index (χ2n) is 6.51. The van der Waals surface area contributed by atoms with Crippen LogP contribution in [0.1, 0.15) is 98.8 Å². The van der Waals surface area contributed by atoms with E-state index < -0.39 is 10.9 Å². The van der Waals surface area contributed by atoms with Crippen LogP contribution in [-0.4, -0.2) is 25.6 Å². The van der Waals surface area contributed by atoms with Crippen LogP contribution >= 0.6 is 10.9 Å². The summed E-state index contributed by atoms with van der Waals surface area (Å²) in [6, 6.07) is 0. The van der Waals surface area contributed by atoms with E-state index >= 15 is 0 Å². The van der Waals surface area contributed by atoms with E-state index in [0.29, 0.717) is 25.7 Å². The van der Waals surface area contributed by atoms with Crippen LogP contribution in [0.3, 0.4) is 0 Å². The summed E-state index contributed by atoms with van der Waals surface area (Å²) in [4.78, 5) is 0. The molecule has 0 aliphatic carbocycles. The summed E-state index contributed by atoms with van der Waals surface area (Å²) in [5.41, 5.74) is 0. The minimum absolute atomic E-state index is 0.660. The predicted octanol–water partition coefficient (Wildman–Crippen LogP) is 7.20. The van der Waals surface area contributed by atoms with Crippen molar-refractivity contribution in [1.29, 1.82) is 0 Å². The monoisotopic (exact) mass is 364 g/mol. The van der Waals surface area contributed by atoms with Gasteiger partial charge in [0.15, 0.2) is 0 Å². The SMILES string of the molecule is CCCCCCCCC(CCCC)CS(OCC)(OCC)OCC. The number of hydrogen-bond donors (Lipinski definition) is 0. The molecule has 24 heavy (non-hydrogen) atoms. The van der Waals surface area contributed by atoms with Crippen LogP contribution in [0.25, 0.3) is 0 Å². The third kappa shape index (κ3) is 11.7. The number of hydrogen-bond acceptors (Lipinski definition) is 3. The highest BCUT2D eigenvalue weighted by Gasteiger charge is 2.30. The van der Waals surface area contributed by atoms with Gasteiger partial charge >= 0.3 is 0 Å². The van der Waals surface area contributed by atoms with Crippen molar-refractivity contribution in [3.05, 3.63) is 0 Å². The van der Waals surface area contributed by atoms with E-state index in [1.54, 1.807) is 0 Å². The molecule has 0 N–H and O–H groups in total. The average molecular weight is 365 g/mol. The van der Waals surface area contributed by atoms with Gasteiger partial charge in [0, 0.05) is 5.75 Å². The topological polar surface area (TPSA) is 27.7 Å². The van der Waals surface area contributed by atoms with Crippen LogP contribution in [0, 0.1) is 5.92 Å². The molecule has 0 saturated heterocycles. The Hall–Kier alpha value is 0.230. The molecule has 0 aromatic rings. The summed E-state index contributed by atoms with van der Waals surface area (Å²) in [5, 5.41) is 0. The second-order valence-corrected chi connectivity index (χ2v) is 8.66. The smallest absolute Gasteiger partial charge is 0.0890 e. The first kappa shape index (κ1) is 24.2. The molecule has 0 spiro atoms. The molecule has 0 radical (unpaired) electrons. The molecule has 0 aromatic carbocycles. The van der Waals surface area contributed by atoms with Gasteiger partial charge in [-0.2, -0.15) is 0 Å². The Morgan fingerprint density at radius 1 is 0.583 bits per heavy atom. The van der Waals surface area contributed by atoms with Crippen molar-refractivity contribution in [2.75, 3.05) is 25.6 Å². The van der Waals surface area contributed by atoms with E-state index in [0.717, 1.165) is 5.75 Å². The van der Waals surface area contributed by atoms with Crippen molar-refractivity contribution in [2.24, 2.45) is 5.92 Å². The molecular weight excluding hydrogens is 320 g/mol. The number of unbranched alkanes of at least 4 members (excludes halogenated alkanes) is 6. The van der Waals surface area contributed by atoms with E-state index in [9.17, 15) is 0 Å². The van der Waals surface area contributed by atoms with E-state index in [1.165, 1.54) is 64.2 Å². The molecule has 0 saturated carbocycles. The van der Waals surface area contributed by atoms with E-state index in [4.69, 9.17) is 12.5 Å². The van der Waals surface area contributed by atoms with Crippen LogP contribution in [0.5, 0.6) is 0 Å². The summed E-state index contributed by atoms with van der Waals surface area (Å²) in [7, 11) is -1.83. The maximum Gasteiger partial charge on any atom is 0.0890 e. The van der Waals surface area contributed by atoms with Gasteiger partial charge in [0.25, 0.3) is 0 Å². The average Bonchev–Trinajstić information content (AvgIpc) is 2.56. The third-order valence-corrected chi connectivity index (χ3v) is 6.93. The van der Waals surface area contributed by atoms with Crippen molar-refractivity contribution in [3.63, 3.8) is 0 Å². The molecule has 0 heterocycles. The van der Waals surface area contributed by atoms with Crippen LogP contribution < -0.4 is 0 Å². The second kappa shape index (κ2) is 16.7. The largest absolute Gasteiger partial charge is 0.293 e. The molecule has 1 atom stereocenters. The normalized spacial score (nSPS) is 14.0. The van der Waals surface area contributed by atoms with Gasteiger partial charge in [-0.05, 0) is 39.5 Å². The minimum atomic E-state index is -1.83. The highest BCUT2D eigenvalue weighted by Crippen LogP contribution is 2.53. The first-order chi connectivity index (χ1) is 11.7. The molecule has 1 unspecified atom stereocenters. The lowest BCUT2D eigenvalue weighted by molar-refractivity contribution is 0.180. The number of rotatable bonds is 18. The Kier molecular flexibility index (Phi) is 16.8. The fraction of sp³-hybridized carbons (Fsp3) is 1.00. The third-order valence-electron chi connectivity index (χ3n) is 4.26. The molecule has 0 aromatic heterocycles. The molecule has 148 valence electrons. The summed E-state index contributed by atoms with van der Waals surface area (Å²) < 4.78 is 18.1. The van der Waals surface area contributed by atoms with Crippen molar-refractivity contribution in [3.8, 4) is 0 Å². The Bertz CT molecular complexity index is 244. The van der Waals surface area contributed by atoms with Crippen molar-refractivity contribution in [2.45, 2.75) is 98.8 Å². The minimum Gasteiger partial charge on any atom is -0.293 e. The van der Waals surface area contributed by atoms with Gasteiger partial charge in [0.2, 0.25) is 0 Å². The first-order valence-electron chi connectivity index (χ1n) is 10.4. The van der Waals surface area contributed by atoms with Crippen LogP contribution in [0.2, 0.25) is 0 Å². The lowest BCUT2D eigenvalue weighted by atomic mass is 9.97. The van der Waals surface area contributed by atoms with Gasteiger partial charge in [-0.3, -0.25) is 12.5 Å². The maximum absolute atomic E-state index is 6.02. The zero-order chi connectivity index (χ0) is 18.1. The van der Waals surface area contributed by atoms with Gasteiger partial charge in [0.1, 0.15) is 0 Å². The lowest BCUT2D eigenvalue weighted by Crippen LogP contribution is -2.22. The fourth-order valence-corrected chi connectivity index (χ4v) is 5.57. The van der Waals surface area contributed by atoms with Crippen LogP contribution in [0.4, 0.5) is 0 Å². The Balaban J connectivity index is 4.55. The molecule has 0 bridgehead atoms. The standard InChI is InChI=1S/C20H44O3S/c1-6-11-13-14-15-16-18-20(17-12-7-2)19-24(21-8-3,22-9-4)23-10-5/h20H,6-19H2,1-5H3. The summed E-state index contributed by atoms with van der Waals surface area (Å²) >= 11 is 0. The van der Waals surface area contributed by atoms with Gasteiger partial charge in [-0.15, -0.1) is 0 Å². The van der Waals surface area contributed by atoms with Crippen molar-refractivity contribution in [1.82, 2.24) is 0 Å². The predicted molar refractivity (Wildman–Crippen MR) is 108 cm³/mol. The molecule has 0 fully saturated rings. The zero-order valence-electron chi connectivity index (χ0n) is 17.1. The zero-order valence-corrected chi connectivity index (χ0v) is 17.9. The summed E-state index contributed by atoms with van der Waals surface area (Å²) in [5.74, 6) is 1.60. The van der Waals surface area contributed by atoms with E-state index in [-0.39, 0.29) is 0 Å². The Morgan fingerprint density at radius 3 is 1.54 bits per heavy atom. The van der Waals surface area contributed by atoms with Gasteiger partial charge in [-0.25, -0.2) is 0 Å². The molecule has 0 aliphatic rings. The highest BCUT2D eigenvalue weighted by atomic mass is 32.3. The van der Waals surface area contributed by atoms with Gasteiger partial charge in [0.05, 0.1) is 30.7 Å². The Labute approximate surface area is 154 Å².